The first-order valence-corrected chi connectivity index (χ1v) is 9.16. The van der Waals surface area contributed by atoms with Gasteiger partial charge in [0, 0.05) is 18.5 Å². The lowest BCUT2D eigenvalue weighted by molar-refractivity contribution is -0.128. The minimum atomic E-state index is -0.905. The Morgan fingerprint density at radius 1 is 1.29 bits per heavy atom. The van der Waals surface area contributed by atoms with Crippen LogP contribution in [0.3, 0.4) is 0 Å². The lowest BCUT2D eigenvalue weighted by atomic mass is 9.72. The molecule has 2 amide bonds. The molecule has 0 radical (unpaired) electrons. The highest BCUT2D eigenvalue weighted by Gasteiger charge is 2.44. The van der Waals surface area contributed by atoms with Crippen LogP contribution in [0.4, 0.5) is 0 Å². The minimum Gasteiger partial charge on any atom is -0.342 e. The lowest BCUT2D eigenvalue weighted by Gasteiger charge is -2.34. The topological polar surface area (TPSA) is 97.0 Å². The Balaban J connectivity index is 2.11. The van der Waals surface area contributed by atoms with Crippen molar-refractivity contribution in [3.8, 4) is 12.1 Å². The molecule has 0 bridgehead atoms. The minimum absolute atomic E-state index is 0.0288. The number of allylic oxidation sites excluding steroid dienone is 1. The summed E-state index contributed by atoms with van der Waals surface area (Å²) in [6.07, 6.45) is 4.35. The molecule has 0 aromatic heterocycles. The summed E-state index contributed by atoms with van der Waals surface area (Å²) in [4.78, 5) is 26.4. The molecule has 0 aromatic carbocycles. The third-order valence-electron chi connectivity index (χ3n) is 4.63. The van der Waals surface area contributed by atoms with Crippen LogP contribution in [0.1, 0.15) is 39.5 Å². The molecule has 2 heterocycles. The highest BCUT2D eigenvalue weighted by Crippen LogP contribution is 2.41. The van der Waals surface area contributed by atoms with Crippen molar-refractivity contribution in [1.29, 1.82) is 10.5 Å². The van der Waals surface area contributed by atoms with E-state index in [0.29, 0.717) is 10.6 Å². The van der Waals surface area contributed by atoms with Crippen LogP contribution in [-0.4, -0.2) is 35.6 Å². The van der Waals surface area contributed by atoms with Gasteiger partial charge in [-0.1, -0.05) is 38.5 Å². The van der Waals surface area contributed by atoms with Crippen LogP contribution < -0.4 is 5.32 Å². The van der Waals surface area contributed by atoms with Gasteiger partial charge in [-0.15, -0.1) is 0 Å². The summed E-state index contributed by atoms with van der Waals surface area (Å²) in [7, 11) is 0. The maximum atomic E-state index is 12.4. The molecule has 0 spiro atoms. The summed E-state index contributed by atoms with van der Waals surface area (Å²) >= 11 is 1.18. The fourth-order valence-electron chi connectivity index (χ4n) is 3.08. The lowest BCUT2D eigenvalue weighted by Crippen LogP contribution is -2.44. The van der Waals surface area contributed by atoms with Gasteiger partial charge in [0.15, 0.2) is 0 Å². The molecule has 1 atom stereocenters. The number of nitriles is 2. The van der Waals surface area contributed by atoms with E-state index >= 15 is 0 Å². The van der Waals surface area contributed by atoms with Crippen molar-refractivity contribution in [3.63, 3.8) is 0 Å². The molecular formula is C17H22N4O2S. The molecule has 0 saturated carbocycles. The molecule has 0 unspecified atom stereocenters. The first-order chi connectivity index (χ1) is 11.4. The second-order valence-corrected chi connectivity index (χ2v) is 7.66. The summed E-state index contributed by atoms with van der Waals surface area (Å²) < 4.78 is 0. The van der Waals surface area contributed by atoms with Crippen molar-refractivity contribution in [2.75, 3.05) is 18.8 Å². The largest absolute Gasteiger partial charge is 0.342 e. The number of likely N-dealkylation sites (tertiary alicyclic amines) is 1. The molecule has 7 heteroatoms. The molecule has 2 aliphatic heterocycles. The fraction of sp³-hybridized carbons (Fsp3) is 0.647. The van der Waals surface area contributed by atoms with Crippen molar-refractivity contribution in [1.82, 2.24) is 10.2 Å². The Bertz CT molecular complexity index is 634. The van der Waals surface area contributed by atoms with Crippen LogP contribution in [0.5, 0.6) is 0 Å². The molecule has 0 aromatic rings. The maximum absolute atomic E-state index is 12.4. The number of nitrogens with one attached hydrogen (secondary N) is 1. The van der Waals surface area contributed by atoms with Gasteiger partial charge in [0.2, 0.25) is 11.8 Å². The van der Waals surface area contributed by atoms with Gasteiger partial charge in [-0.05, 0) is 12.8 Å². The van der Waals surface area contributed by atoms with E-state index < -0.39 is 17.2 Å². The molecular weight excluding hydrogens is 324 g/mol. The molecule has 1 saturated heterocycles. The molecule has 1 fully saturated rings. The van der Waals surface area contributed by atoms with Crippen molar-refractivity contribution >= 4 is 23.6 Å². The van der Waals surface area contributed by atoms with E-state index in [1.165, 1.54) is 11.8 Å². The van der Waals surface area contributed by atoms with Gasteiger partial charge < -0.3 is 10.2 Å². The second kappa shape index (κ2) is 7.72. The van der Waals surface area contributed by atoms with Gasteiger partial charge in [0.25, 0.3) is 0 Å². The van der Waals surface area contributed by atoms with Crippen LogP contribution in [-0.2, 0) is 9.59 Å². The summed E-state index contributed by atoms with van der Waals surface area (Å²) in [5.74, 6) is -1.10. The van der Waals surface area contributed by atoms with Crippen LogP contribution in [0.2, 0.25) is 0 Å². The highest BCUT2D eigenvalue weighted by atomic mass is 32.2. The van der Waals surface area contributed by atoms with Gasteiger partial charge in [-0.3, -0.25) is 9.59 Å². The normalized spacial score (nSPS) is 23.8. The zero-order valence-corrected chi connectivity index (χ0v) is 14.9. The standard InChI is InChI=1S/C17H22N4O2S/c1-17(2)12(9-18)15(23)20-16(13(17)10-19)24-11-14(22)21-7-5-3-4-6-8-21/h12H,3-8,11H2,1-2H3,(H,20,23)/t12-/m0/s1. The molecule has 6 nitrogen and oxygen atoms in total. The van der Waals surface area contributed by atoms with E-state index in [1.807, 2.05) is 11.0 Å². The van der Waals surface area contributed by atoms with Crippen LogP contribution >= 0.6 is 11.8 Å². The number of carbonyl (C=O) groups excluding carboxylic acids is 2. The number of hydrogen-bond donors (Lipinski definition) is 1. The van der Waals surface area contributed by atoms with Crippen molar-refractivity contribution in [3.05, 3.63) is 10.6 Å². The quantitative estimate of drug-likeness (QED) is 0.844. The summed E-state index contributed by atoms with van der Waals surface area (Å²) in [5.41, 5.74) is -0.498. The second-order valence-electron chi connectivity index (χ2n) is 6.67. The highest BCUT2D eigenvalue weighted by molar-refractivity contribution is 8.03. The number of carbonyl (C=O) groups is 2. The Labute approximate surface area is 146 Å². The van der Waals surface area contributed by atoms with Crippen LogP contribution in [0.15, 0.2) is 10.6 Å². The third-order valence-corrected chi connectivity index (χ3v) is 5.62. The average Bonchev–Trinajstić information content (AvgIpc) is 2.81. The number of thioether (sulfide) groups is 1. The molecule has 1 N–H and O–H groups in total. The SMILES string of the molecule is CC1(C)C(C#N)=C(SCC(=O)N2CCCCCC2)NC(=O)[C@@H]1C#N. The van der Waals surface area contributed by atoms with E-state index in [0.717, 1.165) is 38.8 Å². The zero-order valence-electron chi connectivity index (χ0n) is 14.1. The summed E-state index contributed by atoms with van der Waals surface area (Å²) in [5, 5.41) is 21.7. The van der Waals surface area contributed by atoms with Crippen molar-refractivity contribution in [2.45, 2.75) is 39.5 Å². The van der Waals surface area contributed by atoms with Crippen molar-refractivity contribution < 1.29 is 9.59 Å². The number of amides is 2. The van der Waals surface area contributed by atoms with E-state index in [4.69, 9.17) is 0 Å². The first kappa shape index (κ1) is 18.4. The molecule has 128 valence electrons. The Morgan fingerprint density at radius 2 is 1.92 bits per heavy atom. The van der Waals surface area contributed by atoms with Gasteiger partial charge >= 0.3 is 0 Å². The Hall–Kier alpha value is -1.99. The molecule has 24 heavy (non-hydrogen) atoms. The van der Waals surface area contributed by atoms with E-state index in [1.54, 1.807) is 13.8 Å². The summed E-state index contributed by atoms with van der Waals surface area (Å²) in [6, 6.07) is 4.08. The van der Waals surface area contributed by atoms with Crippen LogP contribution in [0, 0.1) is 34.0 Å². The van der Waals surface area contributed by atoms with E-state index in [-0.39, 0.29) is 11.7 Å². The van der Waals surface area contributed by atoms with Crippen molar-refractivity contribution in [2.24, 2.45) is 11.3 Å². The van der Waals surface area contributed by atoms with E-state index in [2.05, 4.69) is 11.4 Å². The molecule has 2 aliphatic rings. The maximum Gasteiger partial charge on any atom is 0.243 e. The van der Waals surface area contributed by atoms with Gasteiger partial charge in [-0.25, -0.2) is 0 Å². The monoisotopic (exact) mass is 346 g/mol. The summed E-state index contributed by atoms with van der Waals surface area (Å²) in [6.45, 7) is 4.99. The van der Waals surface area contributed by atoms with Gasteiger partial charge in [0.1, 0.15) is 5.92 Å². The fourth-order valence-corrected chi connectivity index (χ4v) is 4.16. The van der Waals surface area contributed by atoms with Gasteiger partial charge in [-0.2, -0.15) is 10.5 Å². The first-order valence-electron chi connectivity index (χ1n) is 8.17. The van der Waals surface area contributed by atoms with Gasteiger partial charge in [0.05, 0.1) is 28.5 Å². The Kier molecular flexibility index (Phi) is 5.90. The zero-order chi connectivity index (χ0) is 17.7. The predicted octanol–water partition coefficient (Wildman–Crippen LogP) is 2.15. The van der Waals surface area contributed by atoms with E-state index in [9.17, 15) is 20.1 Å². The smallest absolute Gasteiger partial charge is 0.243 e. The average molecular weight is 346 g/mol. The predicted molar refractivity (Wildman–Crippen MR) is 91.2 cm³/mol. The van der Waals surface area contributed by atoms with Crippen LogP contribution in [0.25, 0.3) is 0 Å². The molecule has 0 aliphatic carbocycles. The Morgan fingerprint density at radius 3 is 2.46 bits per heavy atom. The molecule has 2 rings (SSSR count). The third kappa shape index (κ3) is 3.73. The number of nitrogens with zero attached hydrogens (tertiary/aromatic N) is 3. The number of rotatable bonds is 3. The number of hydrogen-bond acceptors (Lipinski definition) is 5.